The minimum Gasteiger partial charge on any atom is -0.309 e. The van der Waals surface area contributed by atoms with Crippen molar-refractivity contribution in [2.45, 2.75) is 32.6 Å². The lowest BCUT2D eigenvalue weighted by Gasteiger charge is -2.09. The summed E-state index contributed by atoms with van der Waals surface area (Å²) in [5, 5.41) is 0. The first-order valence-corrected chi connectivity index (χ1v) is 8.37. The Morgan fingerprint density at radius 1 is 0.957 bits per heavy atom. The molecule has 0 N–H and O–H groups in total. The Balaban J connectivity index is 1.85. The number of hydrogen-bond donors (Lipinski definition) is 0. The van der Waals surface area contributed by atoms with Crippen LogP contribution in [0.15, 0.2) is 48.5 Å². The third kappa shape index (κ3) is 5.99. The standard InChI is InChI=1S/C21H27NO/c1-17-6-4-7-19(16-17)11-14-21(23)20-12-9-18(10-13-20)8-5-15-22(2)3/h4,6-7,9-10,12-13,16H,5,8,11,14-15H2,1-3H3. The molecule has 2 rings (SSSR count). The summed E-state index contributed by atoms with van der Waals surface area (Å²) in [6.45, 7) is 3.18. The number of rotatable bonds is 8. The lowest BCUT2D eigenvalue weighted by Crippen LogP contribution is -2.13. The fourth-order valence-electron chi connectivity index (χ4n) is 2.73. The SMILES string of the molecule is Cc1cccc(CCC(=O)c2ccc(CCCN(C)C)cc2)c1. The first kappa shape index (κ1) is 17.4. The molecule has 122 valence electrons. The first-order chi connectivity index (χ1) is 11.0. The van der Waals surface area contributed by atoms with Crippen LogP contribution in [0.5, 0.6) is 0 Å². The number of ketones is 1. The maximum Gasteiger partial charge on any atom is 0.163 e. The first-order valence-electron chi connectivity index (χ1n) is 8.37. The Morgan fingerprint density at radius 3 is 2.35 bits per heavy atom. The molecule has 0 aromatic heterocycles. The van der Waals surface area contributed by atoms with Crippen molar-refractivity contribution in [3.05, 3.63) is 70.8 Å². The quantitative estimate of drug-likeness (QED) is 0.677. The molecule has 2 nitrogen and oxygen atoms in total. The van der Waals surface area contributed by atoms with Gasteiger partial charge in [0.1, 0.15) is 0 Å². The predicted molar refractivity (Wildman–Crippen MR) is 97.1 cm³/mol. The van der Waals surface area contributed by atoms with Gasteiger partial charge in [0.15, 0.2) is 5.78 Å². The van der Waals surface area contributed by atoms with E-state index in [4.69, 9.17) is 0 Å². The van der Waals surface area contributed by atoms with Gasteiger partial charge in [0.05, 0.1) is 0 Å². The molecule has 2 heteroatoms. The molecule has 0 saturated carbocycles. The summed E-state index contributed by atoms with van der Waals surface area (Å²) >= 11 is 0. The van der Waals surface area contributed by atoms with E-state index in [2.05, 4.69) is 62.3 Å². The van der Waals surface area contributed by atoms with Crippen molar-refractivity contribution < 1.29 is 4.79 Å². The molecule has 23 heavy (non-hydrogen) atoms. The summed E-state index contributed by atoms with van der Waals surface area (Å²) in [5.74, 6) is 0.228. The predicted octanol–water partition coefficient (Wildman–Crippen LogP) is 4.30. The van der Waals surface area contributed by atoms with Crippen molar-refractivity contribution in [2.24, 2.45) is 0 Å². The van der Waals surface area contributed by atoms with Gasteiger partial charge in [-0.2, -0.15) is 0 Å². The zero-order chi connectivity index (χ0) is 16.7. The molecule has 0 radical (unpaired) electrons. The topological polar surface area (TPSA) is 20.3 Å². The van der Waals surface area contributed by atoms with Crippen LogP contribution in [0, 0.1) is 6.92 Å². The highest BCUT2D eigenvalue weighted by Crippen LogP contribution is 2.12. The molecule has 0 bridgehead atoms. The van der Waals surface area contributed by atoms with Gasteiger partial charge in [-0.3, -0.25) is 4.79 Å². The second-order valence-electron chi connectivity index (χ2n) is 6.52. The zero-order valence-electron chi connectivity index (χ0n) is 14.5. The average Bonchev–Trinajstić information content (AvgIpc) is 2.53. The normalized spacial score (nSPS) is 11.0. The number of carbonyl (C=O) groups excluding carboxylic acids is 1. The summed E-state index contributed by atoms with van der Waals surface area (Å²) in [5.41, 5.74) is 4.62. The van der Waals surface area contributed by atoms with Gasteiger partial charge in [-0.05, 0) is 58.0 Å². The van der Waals surface area contributed by atoms with Gasteiger partial charge in [0.2, 0.25) is 0 Å². The molecule has 2 aromatic rings. The molecular formula is C21H27NO. The Hall–Kier alpha value is -1.93. The van der Waals surface area contributed by atoms with Crippen LogP contribution in [0.4, 0.5) is 0 Å². The second-order valence-corrected chi connectivity index (χ2v) is 6.52. The van der Waals surface area contributed by atoms with E-state index in [1.165, 1.54) is 16.7 Å². The number of hydrogen-bond acceptors (Lipinski definition) is 2. The van der Waals surface area contributed by atoms with Gasteiger partial charge in [-0.1, -0.05) is 54.1 Å². The van der Waals surface area contributed by atoms with E-state index in [0.717, 1.165) is 31.4 Å². The summed E-state index contributed by atoms with van der Waals surface area (Å²) < 4.78 is 0. The maximum absolute atomic E-state index is 12.3. The fraction of sp³-hybridized carbons (Fsp3) is 0.381. The second kappa shape index (κ2) is 8.64. The number of benzene rings is 2. The molecule has 0 heterocycles. The van der Waals surface area contributed by atoms with E-state index in [1.54, 1.807) is 0 Å². The Morgan fingerprint density at radius 2 is 1.70 bits per heavy atom. The van der Waals surface area contributed by atoms with Gasteiger partial charge in [0.25, 0.3) is 0 Å². The van der Waals surface area contributed by atoms with Crippen molar-refractivity contribution in [1.29, 1.82) is 0 Å². The number of nitrogens with zero attached hydrogens (tertiary/aromatic N) is 1. The summed E-state index contributed by atoms with van der Waals surface area (Å²) in [6.07, 6.45) is 3.60. The highest BCUT2D eigenvalue weighted by molar-refractivity contribution is 5.96. The van der Waals surface area contributed by atoms with Crippen molar-refractivity contribution >= 4 is 5.78 Å². The molecule has 0 amide bonds. The number of carbonyl (C=O) groups is 1. The summed E-state index contributed by atoms with van der Waals surface area (Å²) in [4.78, 5) is 14.5. The highest BCUT2D eigenvalue weighted by Gasteiger charge is 2.06. The van der Waals surface area contributed by atoms with E-state index in [9.17, 15) is 4.79 Å². The zero-order valence-corrected chi connectivity index (χ0v) is 14.5. The Bertz CT molecular complexity index is 629. The molecular weight excluding hydrogens is 282 g/mol. The van der Waals surface area contributed by atoms with Crippen LogP contribution in [0.25, 0.3) is 0 Å². The van der Waals surface area contributed by atoms with E-state index in [1.807, 2.05) is 12.1 Å². The monoisotopic (exact) mass is 309 g/mol. The molecule has 0 aliphatic heterocycles. The molecule has 0 aliphatic rings. The van der Waals surface area contributed by atoms with Gasteiger partial charge in [-0.25, -0.2) is 0 Å². The van der Waals surface area contributed by atoms with Crippen molar-refractivity contribution in [3.8, 4) is 0 Å². The van der Waals surface area contributed by atoms with Crippen molar-refractivity contribution in [3.63, 3.8) is 0 Å². The molecule has 0 spiro atoms. The molecule has 0 atom stereocenters. The van der Waals surface area contributed by atoms with Gasteiger partial charge in [-0.15, -0.1) is 0 Å². The van der Waals surface area contributed by atoms with E-state index in [-0.39, 0.29) is 5.78 Å². The number of Topliss-reactive ketones (excluding diaryl/α,β-unsaturated/α-hetero) is 1. The van der Waals surface area contributed by atoms with Crippen molar-refractivity contribution in [2.75, 3.05) is 20.6 Å². The van der Waals surface area contributed by atoms with Crippen molar-refractivity contribution in [1.82, 2.24) is 4.90 Å². The minimum absolute atomic E-state index is 0.228. The van der Waals surface area contributed by atoms with Crippen LogP contribution in [-0.2, 0) is 12.8 Å². The van der Waals surface area contributed by atoms with Crippen LogP contribution in [0.2, 0.25) is 0 Å². The molecule has 0 unspecified atom stereocenters. The third-order valence-electron chi connectivity index (χ3n) is 4.07. The van der Waals surface area contributed by atoms with Crippen LogP contribution >= 0.6 is 0 Å². The largest absolute Gasteiger partial charge is 0.309 e. The smallest absolute Gasteiger partial charge is 0.163 e. The highest BCUT2D eigenvalue weighted by atomic mass is 16.1. The van der Waals surface area contributed by atoms with E-state index in [0.29, 0.717) is 6.42 Å². The lowest BCUT2D eigenvalue weighted by atomic mass is 10.00. The van der Waals surface area contributed by atoms with Crippen LogP contribution in [-0.4, -0.2) is 31.3 Å². The Labute approximate surface area is 140 Å². The lowest BCUT2D eigenvalue weighted by molar-refractivity contribution is 0.0983. The fourth-order valence-corrected chi connectivity index (χ4v) is 2.73. The van der Waals surface area contributed by atoms with Gasteiger partial charge >= 0.3 is 0 Å². The molecule has 0 saturated heterocycles. The third-order valence-corrected chi connectivity index (χ3v) is 4.07. The van der Waals surface area contributed by atoms with E-state index < -0.39 is 0 Å². The summed E-state index contributed by atoms with van der Waals surface area (Å²) in [6, 6.07) is 16.5. The Kier molecular flexibility index (Phi) is 6.54. The molecule has 2 aromatic carbocycles. The maximum atomic E-state index is 12.3. The number of aryl methyl sites for hydroxylation is 3. The van der Waals surface area contributed by atoms with Crippen LogP contribution < -0.4 is 0 Å². The summed E-state index contributed by atoms with van der Waals surface area (Å²) in [7, 11) is 4.19. The van der Waals surface area contributed by atoms with Gasteiger partial charge in [0, 0.05) is 12.0 Å². The van der Waals surface area contributed by atoms with Gasteiger partial charge < -0.3 is 4.90 Å². The van der Waals surface area contributed by atoms with E-state index >= 15 is 0 Å². The molecule has 0 aliphatic carbocycles. The molecule has 0 fully saturated rings. The minimum atomic E-state index is 0.228. The van der Waals surface area contributed by atoms with Crippen LogP contribution in [0.3, 0.4) is 0 Å². The van der Waals surface area contributed by atoms with Crippen LogP contribution in [0.1, 0.15) is 39.9 Å². The average molecular weight is 309 g/mol.